The highest BCUT2D eigenvalue weighted by molar-refractivity contribution is 7.92. The summed E-state index contributed by atoms with van der Waals surface area (Å²) in [5, 5.41) is 3.13. The van der Waals surface area contributed by atoms with Crippen molar-refractivity contribution in [2.45, 2.75) is 45.3 Å². The summed E-state index contributed by atoms with van der Waals surface area (Å²) >= 11 is 12.5. The normalized spacial score (nSPS) is 12.4. The van der Waals surface area contributed by atoms with E-state index in [0.717, 1.165) is 16.1 Å². The van der Waals surface area contributed by atoms with Crippen molar-refractivity contribution < 1.29 is 22.7 Å². The van der Waals surface area contributed by atoms with Gasteiger partial charge >= 0.3 is 0 Å². The molecule has 0 spiro atoms. The lowest BCUT2D eigenvalue weighted by molar-refractivity contribution is -0.140. The summed E-state index contributed by atoms with van der Waals surface area (Å²) in [6.45, 7) is 4.98. The largest absolute Gasteiger partial charge is 0.497 e. The van der Waals surface area contributed by atoms with Gasteiger partial charge in [-0.1, -0.05) is 71.7 Å². The molecule has 0 aromatic heterocycles. The molecule has 220 valence electrons. The van der Waals surface area contributed by atoms with Crippen LogP contribution in [0.2, 0.25) is 10.0 Å². The Morgan fingerprint density at radius 3 is 2.20 bits per heavy atom. The zero-order chi connectivity index (χ0) is 30.4. The lowest BCUT2D eigenvalue weighted by atomic mass is 10.0. The molecule has 0 radical (unpaired) electrons. The van der Waals surface area contributed by atoms with Gasteiger partial charge in [0.15, 0.2) is 0 Å². The summed E-state index contributed by atoms with van der Waals surface area (Å²) in [5.74, 6) is -0.388. The van der Waals surface area contributed by atoms with Crippen LogP contribution in [-0.2, 0) is 32.6 Å². The second kappa shape index (κ2) is 13.6. The molecule has 3 aromatic rings. The summed E-state index contributed by atoms with van der Waals surface area (Å²) in [6.07, 6.45) is 1.19. The van der Waals surface area contributed by atoms with Crippen molar-refractivity contribution in [3.8, 4) is 5.75 Å². The maximum Gasteiger partial charge on any atom is 0.244 e. The van der Waals surface area contributed by atoms with E-state index in [-0.39, 0.29) is 34.6 Å². The zero-order valence-corrected chi connectivity index (χ0v) is 26.1. The van der Waals surface area contributed by atoms with Crippen molar-refractivity contribution in [3.63, 3.8) is 0 Å². The van der Waals surface area contributed by atoms with E-state index in [0.29, 0.717) is 11.3 Å². The van der Waals surface area contributed by atoms with E-state index in [1.165, 1.54) is 24.1 Å². The Morgan fingerprint density at radius 1 is 0.951 bits per heavy atom. The van der Waals surface area contributed by atoms with Crippen molar-refractivity contribution >= 4 is 50.7 Å². The first kappa shape index (κ1) is 32.2. The van der Waals surface area contributed by atoms with Gasteiger partial charge < -0.3 is 15.0 Å². The number of amides is 2. The minimum atomic E-state index is -3.98. The second-order valence-electron chi connectivity index (χ2n) is 10.7. The molecule has 0 aliphatic rings. The molecule has 2 amide bonds. The van der Waals surface area contributed by atoms with E-state index in [1.54, 1.807) is 24.3 Å². The van der Waals surface area contributed by atoms with Crippen LogP contribution in [0.25, 0.3) is 0 Å². The Labute approximate surface area is 252 Å². The van der Waals surface area contributed by atoms with Gasteiger partial charge in [0, 0.05) is 18.5 Å². The molecular weight excluding hydrogens is 585 g/mol. The quantitative estimate of drug-likeness (QED) is 0.313. The van der Waals surface area contributed by atoms with E-state index in [1.807, 2.05) is 57.2 Å². The molecule has 41 heavy (non-hydrogen) atoms. The van der Waals surface area contributed by atoms with Crippen molar-refractivity contribution in [1.29, 1.82) is 0 Å². The van der Waals surface area contributed by atoms with Crippen LogP contribution in [-0.4, -0.2) is 56.6 Å². The number of nitrogens with one attached hydrogen (secondary N) is 1. The maximum atomic E-state index is 14.2. The minimum absolute atomic E-state index is 0.00181. The van der Waals surface area contributed by atoms with Crippen LogP contribution in [0.5, 0.6) is 5.75 Å². The Hall–Kier alpha value is -3.27. The summed E-state index contributed by atoms with van der Waals surface area (Å²) in [6, 6.07) is 20.1. The number of hydrogen-bond acceptors (Lipinski definition) is 5. The molecular formula is C30H35Cl2N3O5S. The van der Waals surface area contributed by atoms with E-state index >= 15 is 0 Å². The lowest BCUT2D eigenvalue weighted by Gasteiger charge is -2.35. The van der Waals surface area contributed by atoms with Gasteiger partial charge in [0.25, 0.3) is 0 Å². The van der Waals surface area contributed by atoms with Crippen molar-refractivity contribution in [3.05, 3.63) is 94.0 Å². The molecule has 3 rings (SSSR count). The van der Waals surface area contributed by atoms with Gasteiger partial charge in [-0.3, -0.25) is 13.9 Å². The molecule has 0 aliphatic carbocycles. The van der Waals surface area contributed by atoms with Gasteiger partial charge in [-0.25, -0.2) is 8.42 Å². The Morgan fingerprint density at radius 2 is 1.59 bits per heavy atom. The molecule has 11 heteroatoms. The Balaban J connectivity index is 2.12. The number of ether oxygens (including phenoxy) is 1. The molecule has 1 N–H and O–H groups in total. The maximum absolute atomic E-state index is 14.2. The van der Waals surface area contributed by atoms with Crippen LogP contribution in [0.1, 0.15) is 31.9 Å². The van der Waals surface area contributed by atoms with E-state index in [4.69, 9.17) is 27.9 Å². The third-order valence-corrected chi connectivity index (χ3v) is 8.07. The van der Waals surface area contributed by atoms with Crippen molar-refractivity contribution in [2.75, 3.05) is 24.2 Å². The van der Waals surface area contributed by atoms with Gasteiger partial charge in [0.1, 0.15) is 18.3 Å². The number of anilines is 1. The van der Waals surface area contributed by atoms with Crippen LogP contribution in [0, 0.1) is 0 Å². The smallest absolute Gasteiger partial charge is 0.244 e. The highest BCUT2D eigenvalue weighted by Crippen LogP contribution is 2.34. The molecule has 0 unspecified atom stereocenters. The predicted molar refractivity (Wildman–Crippen MR) is 164 cm³/mol. The summed E-state index contributed by atoms with van der Waals surface area (Å²) in [7, 11) is -2.44. The number of carbonyl (C=O) groups is 2. The first-order valence-electron chi connectivity index (χ1n) is 12.9. The molecule has 3 aromatic carbocycles. The highest BCUT2D eigenvalue weighted by Gasteiger charge is 2.34. The fraction of sp³-hybridized carbons (Fsp3) is 0.333. The van der Waals surface area contributed by atoms with Crippen LogP contribution in [0.4, 0.5) is 5.69 Å². The number of hydrogen-bond donors (Lipinski definition) is 1. The van der Waals surface area contributed by atoms with Crippen LogP contribution >= 0.6 is 23.2 Å². The average Bonchev–Trinajstić information content (AvgIpc) is 2.90. The molecule has 0 saturated heterocycles. The summed E-state index contributed by atoms with van der Waals surface area (Å²) < 4.78 is 32.1. The Bertz CT molecular complexity index is 1480. The fourth-order valence-corrected chi connectivity index (χ4v) is 5.56. The number of benzene rings is 3. The highest BCUT2D eigenvalue weighted by atomic mass is 35.5. The molecule has 8 nitrogen and oxygen atoms in total. The number of methoxy groups -OCH3 is 1. The second-order valence-corrected chi connectivity index (χ2v) is 13.4. The number of sulfonamides is 1. The molecule has 1 atom stereocenters. The van der Waals surface area contributed by atoms with Gasteiger partial charge in [0.05, 0.1) is 29.1 Å². The zero-order valence-electron chi connectivity index (χ0n) is 23.7. The fourth-order valence-electron chi connectivity index (χ4n) is 4.25. The van der Waals surface area contributed by atoms with Crippen molar-refractivity contribution in [2.24, 2.45) is 0 Å². The molecule has 0 fully saturated rings. The third-order valence-electron chi connectivity index (χ3n) is 6.14. The van der Waals surface area contributed by atoms with Crippen LogP contribution in [0.15, 0.2) is 72.8 Å². The Kier molecular flexibility index (Phi) is 10.7. The number of halogens is 2. The summed E-state index contributed by atoms with van der Waals surface area (Å²) in [4.78, 5) is 29.3. The van der Waals surface area contributed by atoms with Crippen LogP contribution in [0.3, 0.4) is 0 Å². The third kappa shape index (κ3) is 9.11. The lowest BCUT2D eigenvalue weighted by Crippen LogP contribution is -2.56. The number of carbonyl (C=O) groups excluding carboxylic acids is 2. The molecule has 0 aliphatic heterocycles. The van der Waals surface area contributed by atoms with Gasteiger partial charge in [-0.05, 0) is 56.2 Å². The standard InChI is InChI=1S/C30H35Cl2N3O5S/c1-30(2,3)33-29(37)26(18-21-11-7-6-8-12-21)34(19-22-13-9-14-23(17-22)40-4)27(36)20-35(41(5,38)39)25-16-10-15-24(31)28(25)32/h6-17,26H,18-20H2,1-5H3,(H,33,37)/t26-/m0/s1. The molecule has 0 heterocycles. The van der Waals surface area contributed by atoms with Crippen molar-refractivity contribution in [1.82, 2.24) is 10.2 Å². The van der Waals surface area contributed by atoms with Gasteiger partial charge in [-0.15, -0.1) is 0 Å². The summed E-state index contributed by atoms with van der Waals surface area (Å²) in [5.41, 5.74) is 1.02. The predicted octanol–water partition coefficient (Wildman–Crippen LogP) is 5.32. The van der Waals surface area contributed by atoms with E-state index in [9.17, 15) is 18.0 Å². The van der Waals surface area contributed by atoms with Gasteiger partial charge in [0.2, 0.25) is 21.8 Å². The number of rotatable bonds is 11. The first-order chi connectivity index (χ1) is 19.2. The molecule has 0 bridgehead atoms. The topological polar surface area (TPSA) is 96.0 Å². The van der Waals surface area contributed by atoms with E-state index < -0.39 is 34.1 Å². The van der Waals surface area contributed by atoms with E-state index in [2.05, 4.69) is 5.32 Å². The van der Waals surface area contributed by atoms with Gasteiger partial charge in [-0.2, -0.15) is 0 Å². The average molecular weight is 621 g/mol. The SMILES string of the molecule is COc1cccc(CN(C(=O)CN(c2cccc(Cl)c2Cl)S(C)(=O)=O)[C@@H](Cc2ccccc2)C(=O)NC(C)(C)C)c1. The monoisotopic (exact) mass is 619 g/mol. The first-order valence-corrected chi connectivity index (χ1v) is 15.5. The van der Waals surface area contributed by atoms with Crippen LogP contribution < -0.4 is 14.4 Å². The number of nitrogens with zero attached hydrogens (tertiary/aromatic N) is 2. The molecule has 0 saturated carbocycles. The minimum Gasteiger partial charge on any atom is -0.497 e.